The van der Waals surface area contributed by atoms with E-state index in [9.17, 15) is 8.42 Å². The molecule has 0 aliphatic carbocycles. The van der Waals surface area contributed by atoms with Gasteiger partial charge >= 0.3 is 10.2 Å². The molecular formula is C11H16N4O2S. The van der Waals surface area contributed by atoms with Gasteiger partial charge in [-0.15, -0.1) is 0 Å². The number of hydrogen-bond donors (Lipinski definition) is 2. The van der Waals surface area contributed by atoms with Gasteiger partial charge in [-0.1, -0.05) is 12.1 Å². The van der Waals surface area contributed by atoms with Gasteiger partial charge < -0.3 is 0 Å². The quantitative estimate of drug-likeness (QED) is 0.883. The Labute approximate surface area is 106 Å². The molecule has 0 saturated carbocycles. The summed E-state index contributed by atoms with van der Waals surface area (Å²) in [5.74, 6) is 0. The number of nitrogens with zero attached hydrogens (tertiary/aromatic N) is 2. The van der Waals surface area contributed by atoms with E-state index in [1.54, 1.807) is 25.4 Å². The van der Waals surface area contributed by atoms with Crippen molar-refractivity contribution in [2.24, 2.45) is 0 Å². The summed E-state index contributed by atoms with van der Waals surface area (Å²) >= 11 is 0. The molecule has 6 nitrogen and oxygen atoms in total. The van der Waals surface area contributed by atoms with Crippen LogP contribution in [0.5, 0.6) is 0 Å². The summed E-state index contributed by atoms with van der Waals surface area (Å²) in [4.78, 5) is 0. The SMILES string of the molecule is CC(C)N(C)S(=O)(=O)Nc1cccc2cn[nH]c12. The Morgan fingerprint density at radius 3 is 2.78 bits per heavy atom. The summed E-state index contributed by atoms with van der Waals surface area (Å²) in [5.41, 5.74) is 1.18. The monoisotopic (exact) mass is 268 g/mol. The number of aromatic nitrogens is 2. The molecule has 0 saturated heterocycles. The predicted molar refractivity (Wildman–Crippen MR) is 71.5 cm³/mol. The molecule has 0 aliphatic rings. The second-order valence-corrected chi connectivity index (χ2v) is 6.09. The zero-order chi connectivity index (χ0) is 13.3. The van der Waals surface area contributed by atoms with Gasteiger partial charge in [0.1, 0.15) is 0 Å². The molecule has 18 heavy (non-hydrogen) atoms. The average Bonchev–Trinajstić information content (AvgIpc) is 2.76. The summed E-state index contributed by atoms with van der Waals surface area (Å²) in [6, 6.07) is 5.24. The summed E-state index contributed by atoms with van der Waals surface area (Å²) in [7, 11) is -2.00. The number of benzene rings is 1. The molecule has 1 heterocycles. The zero-order valence-corrected chi connectivity index (χ0v) is 11.3. The van der Waals surface area contributed by atoms with Crippen LogP contribution in [-0.2, 0) is 10.2 Å². The molecule has 2 aromatic rings. The van der Waals surface area contributed by atoms with Crippen LogP contribution >= 0.6 is 0 Å². The van der Waals surface area contributed by atoms with E-state index in [-0.39, 0.29) is 6.04 Å². The summed E-state index contributed by atoms with van der Waals surface area (Å²) in [5, 5.41) is 7.55. The predicted octanol–water partition coefficient (Wildman–Crippen LogP) is 1.56. The highest BCUT2D eigenvalue weighted by Crippen LogP contribution is 2.22. The lowest BCUT2D eigenvalue weighted by molar-refractivity contribution is 0.414. The van der Waals surface area contributed by atoms with Gasteiger partial charge in [0.25, 0.3) is 0 Å². The first kappa shape index (κ1) is 12.8. The van der Waals surface area contributed by atoms with E-state index in [1.165, 1.54) is 4.31 Å². The van der Waals surface area contributed by atoms with Crippen LogP contribution in [0.1, 0.15) is 13.8 Å². The van der Waals surface area contributed by atoms with Crippen LogP contribution in [-0.4, -0.2) is 36.0 Å². The molecular weight excluding hydrogens is 252 g/mol. The molecule has 0 fully saturated rings. The molecule has 2 rings (SSSR count). The van der Waals surface area contributed by atoms with Crippen LogP contribution in [0.4, 0.5) is 5.69 Å². The van der Waals surface area contributed by atoms with E-state index in [4.69, 9.17) is 0 Å². The van der Waals surface area contributed by atoms with Gasteiger partial charge in [0.2, 0.25) is 0 Å². The van der Waals surface area contributed by atoms with Crippen LogP contribution in [0, 0.1) is 0 Å². The number of anilines is 1. The van der Waals surface area contributed by atoms with Crippen molar-refractivity contribution in [2.45, 2.75) is 19.9 Å². The first-order valence-electron chi connectivity index (χ1n) is 5.59. The van der Waals surface area contributed by atoms with Crippen molar-refractivity contribution in [3.63, 3.8) is 0 Å². The van der Waals surface area contributed by atoms with Gasteiger partial charge in [-0.05, 0) is 19.9 Å². The van der Waals surface area contributed by atoms with Gasteiger partial charge in [0.15, 0.2) is 0 Å². The van der Waals surface area contributed by atoms with Crippen molar-refractivity contribution in [2.75, 3.05) is 11.8 Å². The molecule has 0 unspecified atom stereocenters. The molecule has 98 valence electrons. The molecule has 0 aliphatic heterocycles. The van der Waals surface area contributed by atoms with Crippen LogP contribution in [0.3, 0.4) is 0 Å². The molecule has 1 aromatic carbocycles. The van der Waals surface area contributed by atoms with Gasteiger partial charge in [0.05, 0.1) is 17.4 Å². The Hall–Kier alpha value is -1.60. The molecule has 0 spiro atoms. The largest absolute Gasteiger partial charge is 0.301 e. The Balaban J connectivity index is 2.37. The van der Waals surface area contributed by atoms with Gasteiger partial charge in [-0.25, -0.2) is 0 Å². The lowest BCUT2D eigenvalue weighted by Gasteiger charge is -2.21. The molecule has 0 amide bonds. The highest BCUT2D eigenvalue weighted by molar-refractivity contribution is 7.90. The summed E-state index contributed by atoms with van der Waals surface area (Å²) < 4.78 is 28.0. The fourth-order valence-electron chi connectivity index (χ4n) is 1.54. The van der Waals surface area contributed by atoms with Crippen molar-refractivity contribution < 1.29 is 8.42 Å². The summed E-state index contributed by atoms with van der Waals surface area (Å²) in [6.45, 7) is 3.63. The highest BCUT2D eigenvalue weighted by Gasteiger charge is 2.21. The number of nitrogens with one attached hydrogen (secondary N) is 2. The minimum Gasteiger partial charge on any atom is -0.276 e. The minimum absolute atomic E-state index is 0.108. The minimum atomic E-state index is -3.55. The maximum absolute atomic E-state index is 12.1. The third kappa shape index (κ3) is 2.32. The molecule has 1 aromatic heterocycles. The number of aromatic amines is 1. The van der Waals surface area contributed by atoms with Crippen LogP contribution < -0.4 is 4.72 Å². The Morgan fingerprint density at radius 1 is 1.39 bits per heavy atom. The fraction of sp³-hybridized carbons (Fsp3) is 0.364. The van der Waals surface area contributed by atoms with E-state index in [0.717, 1.165) is 5.39 Å². The number of hydrogen-bond acceptors (Lipinski definition) is 3. The van der Waals surface area contributed by atoms with Crippen molar-refractivity contribution in [1.82, 2.24) is 14.5 Å². The third-order valence-electron chi connectivity index (χ3n) is 2.82. The molecule has 0 radical (unpaired) electrons. The maximum Gasteiger partial charge on any atom is 0.301 e. The van der Waals surface area contributed by atoms with E-state index in [2.05, 4.69) is 14.9 Å². The normalized spacial score (nSPS) is 12.5. The van der Waals surface area contributed by atoms with Crippen molar-refractivity contribution >= 4 is 26.8 Å². The molecule has 7 heteroatoms. The average molecular weight is 268 g/mol. The Bertz CT molecular complexity index is 648. The first-order chi connectivity index (χ1) is 8.42. The number of para-hydroxylation sites is 1. The van der Waals surface area contributed by atoms with E-state index < -0.39 is 10.2 Å². The van der Waals surface area contributed by atoms with Gasteiger partial charge in [-0.3, -0.25) is 9.82 Å². The van der Waals surface area contributed by atoms with Crippen molar-refractivity contribution in [3.05, 3.63) is 24.4 Å². The van der Waals surface area contributed by atoms with Crippen molar-refractivity contribution in [1.29, 1.82) is 0 Å². The van der Waals surface area contributed by atoms with Crippen LogP contribution in [0.25, 0.3) is 10.9 Å². The number of fused-ring (bicyclic) bond motifs is 1. The van der Waals surface area contributed by atoms with Gasteiger partial charge in [0, 0.05) is 18.5 Å². The topological polar surface area (TPSA) is 78.1 Å². The molecule has 0 bridgehead atoms. The first-order valence-corrected chi connectivity index (χ1v) is 7.03. The second kappa shape index (κ2) is 4.58. The Kier molecular flexibility index (Phi) is 3.27. The zero-order valence-electron chi connectivity index (χ0n) is 10.5. The van der Waals surface area contributed by atoms with E-state index >= 15 is 0 Å². The van der Waals surface area contributed by atoms with Crippen molar-refractivity contribution in [3.8, 4) is 0 Å². The Morgan fingerprint density at radius 2 is 2.11 bits per heavy atom. The lowest BCUT2D eigenvalue weighted by Crippen LogP contribution is -2.37. The van der Waals surface area contributed by atoms with Gasteiger partial charge in [-0.2, -0.15) is 17.8 Å². The van der Waals surface area contributed by atoms with Crippen LogP contribution in [0.2, 0.25) is 0 Å². The molecule has 2 N–H and O–H groups in total. The van der Waals surface area contributed by atoms with E-state index in [0.29, 0.717) is 11.2 Å². The fourth-order valence-corrected chi connectivity index (χ4v) is 2.69. The smallest absolute Gasteiger partial charge is 0.276 e. The third-order valence-corrected chi connectivity index (χ3v) is 4.48. The van der Waals surface area contributed by atoms with Crippen LogP contribution in [0.15, 0.2) is 24.4 Å². The summed E-state index contributed by atoms with van der Waals surface area (Å²) in [6.07, 6.45) is 1.65. The highest BCUT2D eigenvalue weighted by atomic mass is 32.2. The second-order valence-electron chi connectivity index (χ2n) is 4.36. The number of H-pyrrole nitrogens is 1. The molecule has 0 atom stereocenters. The van der Waals surface area contributed by atoms with E-state index in [1.807, 2.05) is 19.9 Å². The standard InChI is InChI=1S/C11H16N4O2S/c1-8(2)15(3)18(16,17)14-10-6-4-5-9-7-12-13-11(9)10/h4-8,14H,1-3H3,(H,12,13). The number of rotatable bonds is 4. The lowest BCUT2D eigenvalue weighted by atomic mass is 10.2. The maximum atomic E-state index is 12.1.